The number of hydrogen-bond donors (Lipinski definition) is 0. The van der Waals surface area contributed by atoms with E-state index in [1.54, 1.807) is 4.90 Å². The van der Waals surface area contributed by atoms with Crippen LogP contribution in [0.1, 0.15) is 19.8 Å². The summed E-state index contributed by atoms with van der Waals surface area (Å²) in [6.07, 6.45) is 2.50. The fraction of sp³-hybridized carbons (Fsp3) is 0.778. The van der Waals surface area contributed by atoms with Gasteiger partial charge in [-0.05, 0) is 19.8 Å². The number of methoxy groups -OCH3 is 1. The Balaban J connectivity index is 2.54. The second-order valence-corrected chi connectivity index (χ2v) is 3.45. The molecule has 4 heteroatoms. The van der Waals surface area contributed by atoms with Gasteiger partial charge in [0, 0.05) is 12.6 Å². The molecule has 0 saturated carbocycles. The van der Waals surface area contributed by atoms with Gasteiger partial charge in [0.2, 0.25) is 6.41 Å². The molecule has 0 aromatic heterocycles. The van der Waals surface area contributed by atoms with Crippen LogP contribution in [-0.4, -0.2) is 37.0 Å². The van der Waals surface area contributed by atoms with E-state index >= 15 is 0 Å². The van der Waals surface area contributed by atoms with Crippen molar-refractivity contribution in [1.82, 2.24) is 4.90 Å². The molecule has 1 heterocycles. The van der Waals surface area contributed by atoms with Crippen molar-refractivity contribution in [3.63, 3.8) is 0 Å². The lowest BCUT2D eigenvalue weighted by Crippen LogP contribution is -2.43. The first-order valence-electron chi connectivity index (χ1n) is 4.48. The second-order valence-electron chi connectivity index (χ2n) is 3.45. The van der Waals surface area contributed by atoms with E-state index in [1.807, 2.05) is 6.92 Å². The predicted octanol–water partition coefficient (Wildman–Crippen LogP) is 0.416. The van der Waals surface area contributed by atoms with Gasteiger partial charge in [-0.1, -0.05) is 0 Å². The van der Waals surface area contributed by atoms with Gasteiger partial charge in [-0.3, -0.25) is 9.59 Å². The number of esters is 1. The molecular weight excluding hydrogens is 170 g/mol. The molecule has 0 radical (unpaired) electrons. The molecule has 2 atom stereocenters. The summed E-state index contributed by atoms with van der Waals surface area (Å²) in [5, 5.41) is 0. The van der Waals surface area contributed by atoms with Gasteiger partial charge in [0.05, 0.1) is 13.0 Å². The largest absolute Gasteiger partial charge is 0.469 e. The van der Waals surface area contributed by atoms with Gasteiger partial charge in [-0.2, -0.15) is 0 Å². The van der Waals surface area contributed by atoms with Gasteiger partial charge in [-0.25, -0.2) is 0 Å². The Hall–Kier alpha value is -1.06. The maximum atomic E-state index is 11.2. The molecule has 0 bridgehead atoms. The minimum atomic E-state index is -0.209. The molecule has 74 valence electrons. The van der Waals surface area contributed by atoms with Gasteiger partial charge in [0.1, 0.15) is 0 Å². The third kappa shape index (κ3) is 2.20. The molecule has 0 aromatic rings. The molecule has 0 N–H and O–H groups in total. The second kappa shape index (κ2) is 4.25. The van der Waals surface area contributed by atoms with E-state index in [9.17, 15) is 9.59 Å². The summed E-state index contributed by atoms with van der Waals surface area (Å²) < 4.78 is 4.64. The van der Waals surface area contributed by atoms with Crippen LogP contribution in [0.25, 0.3) is 0 Å². The maximum Gasteiger partial charge on any atom is 0.310 e. The summed E-state index contributed by atoms with van der Waals surface area (Å²) in [6, 6.07) is 0.249. The molecule has 0 spiro atoms. The summed E-state index contributed by atoms with van der Waals surface area (Å²) in [7, 11) is 1.38. The van der Waals surface area contributed by atoms with E-state index in [1.165, 1.54) is 7.11 Å². The SMILES string of the molecule is COC(=O)C1CCC(C)N(C=O)C1. The van der Waals surface area contributed by atoms with Crippen molar-refractivity contribution >= 4 is 12.4 Å². The van der Waals surface area contributed by atoms with Crippen LogP contribution in [0.3, 0.4) is 0 Å². The smallest absolute Gasteiger partial charge is 0.310 e. The van der Waals surface area contributed by atoms with E-state index < -0.39 is 0 Å². The van der Waals surface area contributed by atoms with Crippen molar-refractivity contribution in [2.75, 3.05) is 13.7 Å². The summed E-state index contributed by atoms with van der Waals surface area (Å²) >= 11 is 0. The van der Waals surface area contributed by atoms with Crippen LogP contribution in [0, 0.1) is 5.92 Å². The number of rotatable bonds is 2. The normalized spacial score (nSPS) is 28.3. The fourth-order valence-electron chi connectivity index (χ4n) is 1.64. The number of amides is 1. The molecule has 1 fully saturated rings. The third-order valence-corrected chi connectivity index (χ3v) is 2.60. The lowest BCUT2D eigenvalue weighted by atomic mass is 9.94. The molecule has 0 aromatic carbocycles. The van der Waals surface area contributed by atoms with E-state index in [0.717, 1.165) is 19.3 Å². The molecule has 0 aliphatic carbocycles. The molecule has 1 aliphatic rings. The average molecular weight is 185 g/mol. The molecule has 1 saturated heterocycles. The number of ether oxygens (including phenoxy) is 1. The van der Waals surface area contributed by atoms with Crippen LogP contribution < -0.4 is 0 Å². The van der Waals surface area contributed by atoms with Crippen LogP contribution in [0.5, 0.6) is 0 Å². The molecule has 13 heavy (non-hydrogen) atoms. The summed E-state index contributed by atoms with van der Waals surface area (Å²) in [4.78, 5) is 23.4. The molecule has 1 rings (SSSR count). The third-order valence-electron chi connectivity index (χ3n) is 2.60. The van der Waals surface area contributed by atoms with Gasteiger partial charge in [0.25, 0.3) is 0 Å². The highest BCUT2D eigenvalue weighted by molar-refractivity contribution is 5.73. The maximum absolute atomic E-state index is 11.2. The molecule has 1 amide bonds. The Morgan fingerprint density at radius 1 is 1.54 bits per heavy atom. The van der Waals surface area contributed by atoms with Gasteiger partial charge >= 0.3 is 5.97 Å². The first-order chi connectivity index (χ1) is 6.19. The molecular formula is C9H15NO3. The highest BCUT2D eigenvalue weighted by atomic mass is 16.5. The molecule has 1 aliphatic heterocycles. The van der Waals surface area contributed by atoms with Crippen molar-refractivity contribution in [1.29, 1.82) is 0 Å². The van der Waals surface area contributed by atoms with Crippen molar-refractivity contribution in [2.24, 2.45) is 5.92 Å². The zero-order chi connectivity index (χ0) is 9.84. The highest BCUT2D eigenvalue weighted by Crippen LogP contribution is 2.21. The summed E-state index contributed by atoms with van der Waals surface area (Å²) in [5.41, 5.74) is 0. The number of nitrogens with zero attached hydrogens (tertiary/aromatic N) is 1. The highest BCUT2D eigenvalue weighted by Gasteiger charge is 2.29. The molecule has 2 unspecified atom stereocenters. The quantitative estimate of drug-likeness (QED) is 0.462. The number of carbonyl (C=O) groups is 2. The Morgan fingerprint density at radius 3 is 2.77 bits per heavy atom. The predicted molar refractivity (Wildman–Crippen MR) is 47.0 cm³/mol. The fourth-order valence-corrected chi connectivity index (χ4v) is 1.64. The average Bonchev–Trinajstić information content (AvgIpc) is 2.17. The van der Waals surface area contributed by atoms with E-state index in [2.05, 4.69) is 4.74 Å². The van der Waals surface area contributed by atoms with E-state index in [4.69, 9.17) is 0 Å². The zero-order valence-corrected chi connectivity index (χ0v) is 8.03. The van der Waals surface area contributed by atoms with Crippen LogP contribution in [0.15, 0.2) is 0 Å². The van der Waals surface area contributed by atoms with Gasteiger partial charge in [-0.15, -0.1) is 0 Å². The van der Waals surface area contributed by atoms with Crippen molar-refractivity contribution < 1.29 is 14.3 Å². The van der Waals surface area contributed by atoms with Crippen LogP contribution in [-0.2, 0) is 14.3 Å². The Bertz CT molecular complexity index is 205. The number of carbonyl (C=O) groups excluding carboxylic acids is 2. The lowest BCUT2D eigenvalue weighted by Gasteiger charge is -2.33. The van der Waals surface area contributed by atoms with Crippen molar-refractivity contribution in [3.8, 4) is 0 Å². The summed E-state index contributed by atoms with van der Waals surface area (Å²) in [6.45, 7) is 2.49. The first-order valence-corrected chi connectivity index (χ1v) is 4.48. The Morgan fingerprint density at radius 2 is 2.23 bits per heavy atom. The number of likely N-dealkylation sites (tertiary alicyclic amines) is 1. The monoisotopic (exact) mass is 185 g/mol. The number of piperidine rings is 1. The van der Waals surface area contributed by atoms with Crippen molar-refractivity contribution in [3.05, 3.63) is 0 Å². The summed E-state index contributed by atoms with van der Waals surface area (Å²) in [5.74, 6) is -0.342. The minimum absolute atomic E-state index is 0.133. The van der Waals surface area contributed by atoms with Gasteiger partial charge in [0.15, 0.2) is 0 Å². The van der Waals surface area contributed by atoms with Gasteiger partial charge < -0.3 is 9.64 Å². The standard InChI is InChI=1S/C9H15NO3/c1-7-3-4-8(9(12)13-2)5-10(7)6-11/h6-8H,3-5H2,1-2H3. The Labute approximate surface area is 77.8 Å². The van der Waals surface area contributed by atoms with E-state index in [-0.39, 0.29) is 17.9 Å². The topological polar surface area (TPSA) is 46.6 Å². The first kappa shape index (κ1) is 10.0. The van der Waals surface area contributed by atoms with Crippen LogP contribution in [0.2, 0.25) is 0 Å². The minimum Gasteiger partial charge on any atom is -0.469 e. The Kier molecular flexibility index (Phi) is 3.28. The van der Waals surface area contributed by atoms with E-state index in [0.29, 0.717) is 6.54 Å². The van der Waals surface area contributed by atoms with Crippen LogP contribution in [0.4, 0.5) is 0 Å². The zero-order valence-electron chi connectivity index (χ0n) is 8.03. The lowest BCUT2D eigenvalue weighted by molar-refractivity contribution is -0.148. The number of hydrogen-bond acceptors (Lipinski definition) is 3. The molecule has 4 nitrogen and oxygen atoms in total. The van der Waals surface area contributed by atoms with Crippen molar-refractivity contribution in [2.45, 2.75) is 25.8 Å². The van der Waals surface area contributed by atoms with Crippen LogP contribution >= 0.6 is 0 Å².